The Bertz CT molecular complexity index is 551. The molecule has 0 aliphatic heterocycles. The van der Waals surface area contributed by atoms with E-state index in [1.165, 1.54) is 17.6 Å². The molecule has 0 amide bonds. The van der Waals surface area contributed by atoms with Crippen LogP contribution in [0.15, 0.2) is 18.2 Å². The second-order valence-corrected chi connectivity index (χ2v) is 4.70. The fraction of sp³-hybridized carbons (Fsp3) is 0.273. The summed E-state index contributed by atoms with van der Waals surface area (Å²) < 4.78 is 9.74. The number of nitrogens with two attached hydrogens (primary N) is 1. The van der Waals surface area contributed by atoms with Crippen LogP contribution < -0.4 is 10.5 Å². The molecule has 1 aliphatic rings. The molecule has 3 N–H and O–H groups in total. The van der Waals surface area contributed by atoms with Crippen molar-refractivity contribution in [1.82, 2.24) is 9.36 Å². The number of aromatic nitrogens is 2. The lowest BCUT2D eigenvalue weighted by Crippen LogP contribution is -1.92. The van der Waals surface area contributed by atoms with Crippen molar-refractivity contribution in [2.75, 3.05) is 5.73 Å². The standard InChI is InChI=1S/C11H11N3O2S/c12-9-7(15)2-1-3-8(9)16-11-13-10(14-17-11)6-4-5-6/h1-3,6,15H,4-5,12H2. The van der Waals surface area contributed by atoms with Gasteiger partial charge in [-0.1, -0.05) is 6.07 Å². The monoisotopic (exact) mass is 249 g/mol. The number of phenols is 1. The van der Waals surface area contributed by atoms with Gasteiger partial charge < -0.3 is 15.6 Å². The zero-order valence-electron chi connectivity index (χ0n) is 8.96. The maximum atomic E-state index is 9.44. The first-order valence-corrected chi connectivity index (χ1v) is 6.10. The van der Waals surface area contributed by atoms with Crippen LogP contribution in [0, 0.1) is 0 Å². The van der Waals surface area contributed by atoms with Gasteiger partial charge in [-0.3, -0.25) is 0 Å². The maximum Gasteiger partial charge on any atom is 0.298 e. The van der Waals surface area contributed by atoms with Crippen LogP contribution in [0.3, 0.4) is 0 Å². The van der Waals surface area contributed by atoms with E-state index < -0.39 is 0 Å². The zero-order valence-corrected chi connectivity index (χ0v) is 9.78. The normalized spacial score (nSPS) is 14.8. The third kappa shape index (κ3) is 2.03. The van der Waals surface area contributed by atoms with Gasteiger partial charge in [0, 0.05) is 17.5 Å². The molecule has 1 aliphatic carbocycles. The number of para-hydroxylation sites is 1. The molecule has 1 aromatic heterocycles. The summed E-state index contributed by atoms with van der Waals surface area (Å²) in [5.74, 6) is 1.77. The summed E-state index contributed by atoms with van der Waals surface area (Å²) >= 11 is 1.21. The molecule has 1 fully saturated rings. The van der Waals surface area contributed by atoms with E-state index in [2.05, 4.69) is 9.36 Å². The molecule has 0 atom stereocenters. The Hall–Kier alpha value is -1.82. The van der Waals surface area contributed by atoms with Gasteiger partial charge in [0.25, 0.3) is 5.19 Å². The van der Waals surface area contributed by atoms with E-state index in [0.717, 1.165) is 18.7 Å². The molecular formula is C11H11N3O2S. The molecule has 0 spiro atoms. The third-order valence-electron chi connectivity index (χ3n) is 2.61. The van der Waals surface area contributed by atoms with Crippen LogP contribution >= 0.6 is 11.5 Å². The minimum absolute atomic E-state index is 0.00873. The number of hydrogen-bond acceptors (Lipinski definition) is 6. The maximum absolute atomic E-state index is 9.44. The molecular weight excluding hydrogens is 238 g/mol. The van der Waals surface area contributed by atoms with Crippen molar-refractivity contribution in [3.63, 3.8) is 0 Å². The van der Waals surface area contributed by atoms with E-state index in [-0.39, 0.29) is 11.4 Å². The number of anilines is 1. The van der Waals surface area contributed by atoms with Gasteiger partial charge in [-0.25, -0.2) is 0 Å². The summed E-state index contributed by atoms with van der Waals surface area (Å²) in [5, 5.41) is 9.91. The fourth-order valence-electron chi connectivity index (χ4n) is 1.48. The van der Waals surface area contributed by atoms with Gasteiger partial charge in [-0.15, -0.1) is 0 Å². The van der Waals surface area contributed by atoms with E-state index >= 15 is 0 Å². The van der Waals surface area contributed by atoms with E-state index in [1.807, 2.05) is 0 Å². The van der Waals surface area contributed by atoms with Gasteiger partial charge in [0.15, 0.2) is 5.75 Å². The number of phenolic OH excluding ortho intramolecular Hbond substituents is 1. The number of ether oxygens (including phenoxy) is 1. The first-order chi connectivity index (χ1) is 8.24. The second-order valence-electron chi connectivity index (χ2n) is 3.98. The molecule has 0 bridgehead atoms. The highest BCUT2D eigenvalue weighted by Gasteiger charge is 2.28. The summed E-state index contributed by atoms with van der Waals surface area (Å²) in [6.45, 7) is 0. The Morgan fingerprint density at radius 2 is 2.24 bits per heavy atom. The minimum atomic E-state index is 0.00873. The second kappa shape index (κ2) is 3.89. The van der Waals surface area contributed by atoms with Crippen molar-refractivity contribution >= 4 is 17.2 Å². The average molecular weight is 249 g/mol. The van der Waals surface area contributed by atoms with Crippen LogP contribution in [0.2, 0.25) is 0 Å². The number of nitrogen functional groups attached to an aromatic ring is 1. The summed E-state index contributed by atoms with van der Waals surface area (Å²) in [6, 6.07) is 4.87. The lowest BCUT2D eigenvalue weighted by Gasteiger charge is -2.05. The predicted octanol–water partition coefficient (Wildman–Crippen LogP) is 2.50. The Kier molecular flexibility index (Phi) is 2.36. The van der Waals surface area contributed by atoms with Crippen molar-refractivity contribution in [2.45, 2.75) is 18.8 Å². The number of benzene rings is 1. The first kappa shape index (κ1) is 10.3. The van der Waals surface area contributed by atoms with Crippen LogP contribution in [0.1, 0.15) is 24.6 Å². The number of aromatic hydroxyl groups is 1. The summed E-state index contributed by atoms with van der Waals surface area (Å²) in [6.07, 6.45) is 2.31. The molecule has 5 nitrogen and oxygen atoms in total. The van der Waals surface area contributed by atoms with E-state index in [9.17, 15) is 5.11 Å². The molecule has 3 rings (SSSR count). The molecule has 1 saturated carbocycles. The molecule has 0 radical (unpaired) electrons. The van der Waals surface area contributed by atoms with Crippen molar-refractivity contribution in [1.29, 1.82) is 0 Å². The summed E-state index contributed by atoms with van der Waals surface area (Å²) in [5.41, 5.74) is 5.91. The van der Waals surface area contributed by atoms with Crippen LogP contribution in [0.25, 0.3) is 0 Å². The smallest absolute Gasteiger partial charge is 0.298 e. The number of nitrogens with zero attached hydrogens (tertiary/aromatic N) is 2. The molecule has 17 heavy (non-hydrogen) atoms. The van der Waals surface area contributed by atoms with Gasteiger partial charge in [0.2, 0.25) is 0 Å². The molecule has 0 saturated heterocycles. The van der Waals surface area contributed by atoms with Gasteiger partial charge in [-0.05, 0) is 25.0 Å². The molecule has 0 unspecified atom stereocenters. The van der Waals surface area contributed by atoms with Crippen molar-refractivity contribution in [3.05, 3.63) is 24.0 Å². The van der Waals surface area contributed by atoms with Gasteiger partial charge in [-0.2, -0.15) is 9.36 Å². The molecule has 1 heterocycles. The van der Waals surface area contributed by atoms with Gasteiger partial charge in [0.05, 0.1) is 0 Å². The highest BCUT2D eigenvalue weighted by Crippen LogP contribution is 2.41. The Morgan fingerprint density at radius 1 is 1.41 bits per heavy atom. The quantitative estimate of drug-likeness (QED) is 0.645. The predicted molar refractivity (Wildman–Crippen MR) is 64.5 cm³/mol. The molecule has 6 heteroatoms. The van der Waals surface area contributed by atoms with Crippen LogP contribution in [0.4, 0.5) is 5.69 Å². The Balaban J connectivity index is 1.83. The fourth-order valence-corrected chi connectivity index (χ4v) is 2.11. The van der Waals surface area contributed by atoms with E-state index in [4.69, 9.17) is 10.5 Å². The minimum Gasteiger partial charge on any atom is -0.506 e. The van der Waals surface area contributed by atoms with Crippen LogP contribution in [0.5, 0.6) is 16.7 Å². The van der Waals surface area contributed by atoms with Crippen LogP contribution in [-0.2, 0) is 0 Å². The van der Waals surface area contributed by atoms with Gasteiger partial charge >= 0.3 is 0 Å². The average Bonchev–Trinajstić information content (AvgIpc) is 3.06. The SMILES string of the molecule is Nc1c(O)cccc1Oc1nc(C2CC2)ns1. The first-order valence-electron chi connectivity index (χ1n) is 5.33. The van der Waals surface area contributed by atoms with Crippen molar-refractivity contribution in [3.8, 4) is 16.7 Å². The molecule has 1 aromatic carbocycles. The zero-order chi connectivity index (χ0) is 11.8. The Labute approximate surface area is 102 Å². The molecule has 2 aromatic rings. The third-order valence-corrected chi connectivity index (χ3v) is 3.22. The summed E-state index contributed by atoms with van der Waals surface area (Å²) in [7, 11) is 0. The van der Waals surface area contributed by atoms with E-state index in [0.29, 0.717) is 16.9 Å². The lowest BCUT2D eigenvalue weighted by molar-refractivity contribution is 0.457. The van der Waals surface area contributed by atoms with Crippen LogP contribution in [-0.4, -0.2) is 14.5 Å². The van der Waals surface area contributed by atoms with Gasteiger partial charge in [0.1, 0.15) is 17.3 Å². The topological polar surface area (TPSA) is 81.3 Å². The Morgan fingerprint density at radius 3 is 3.00 bits per heavy atom. The summed E-state index contributed by atoms with van der Waals surface area (Å²) in [4.78, 5) is 4.29. The largest absolute Gasteiger partial charge is 0.506 e. The van der Waals surface area contributed by atoms with Crippen molar-refractivity contribution in [2.24, 2.45) is 0 Å². The number of hydrogen-bond donors (Lipinski definition) is 2. The highest BCUT2D eigenvalue weighted by atomic mass is 32.1. The number of rotatable bonds is 3. The van der Waals surface area contributed by atoms with Crippen molar-refractivity contribution < 1.29 is 9.84 Å². The highest BCUT2D eigenvalue weighted by molar-refractivity contribution is 7.07. The molecule has 88 valence electrons. The van der Waals surface area contributed by atoms with E-state index in [1.54, 1.807) is 12.1 Å². The lowest BCUT2D eigenvalue weighted by atomic mass is 10.3.